The third-order valence-electron chi connectivity index (χ3n) is 9.05. The Morgan fingerprint density at radius 3 is 2.51 bits per heavy atom. The predicted octanol–water partition coefficient (Wildman–Crippen LogP) is 3.18. The summed E-state index contributed by atoms with van der Waals surface area (Å²) >= 11 is 6.23. The Bertz CT molecular complexity index is 1800. The molecule has 0 spiro atoms. The molecule has 1 N–H and O–H groups in total. The second-order valence-corrected chi connectivity index (χ2v) is 12.4. The summed E-state index contributed by atoms with van der Waals surface area (Å²) in [5.74, 6) is -0.503. The van der Waals surface area contributed by atoms with E-state index in [1.54, 1.807) is 25.9 Å². The number of hydrogen-bond acceptors (Lipinski definition) is 6. The standard InChI is InChI=1S/C34H39ClFN5O6/c1-4-29(42)37-18-21(2)41-33(45)27(26-6-5-7-28(36)32(26)35)19-39(34(41)46)20-31(44)38-13-11-24(12-14-38)40-15-10-23-16-25(47-3)9-8-22(23)17-30(40)43/h5-9,16,19,21,24H,4,10-15,17-18,20H2,1-3H3,(H,37,42)/t21-/m0/s1. The number of aromatic nitrogens is 2. The monoisotopic (exact) mass is 667 g/mol. The molecule has 250 valence electrons. The zero-order valence-electron chi connectivity index (χ0n) is 26.8. The van der Waals surface area contributed by atoms with Crippen LogP contribution in [-0.2, 0) is 33.8 Å². The van der Waals surface area contributed by atoms with Crippen molar-refractivity contribution in [3.63, 3.8) is 0 Å². The summed E-state index contributed by atoms with van der Waals surface area (Å²) < 4.78 is 21.9. The lowest BCUT2D eigenvalue weighted by molar-refractivity contribution is -0.136. The van der Waals surface area contributed by atoms with Crippen molar-refractivity contribution >= 4 is 29.3 Å². The zero-order chi connectivity index (χ0) is 33.8. The van der Waals surface area contributed by atoms with E-state index >= 15 is 0 Å². The van der Waals surface area contributed by atoms with Crippen LogP contribution in [0.3, 0.4) is 0 Å². The van der Waals surface area contributed by atoms with E-state index in [0.717, 1.165) is 32.1 Å². The van der Waals surface area contributed by atoms with Gasteiger partial charge in [-0.25, -0.2) is 9.18 Å². The predicted molar refractivity (Wildman–Crippen MR) is 175 cm³/mol. The summed E-state index contributed by atoms with van der Waals surface area (Å²) in [7, 11) is 1.62. The van der Waals surface area contributed by atoms with Crippen molar-refractivity contribution < 1.29 is 23.5 Å². The minimum absolute atomic E-state index is 0.00252. The highest BCUT2D eigenvalue weighted by Crippen LogP contribution is 2.28. The van der Waals surface area contributed by atoms with Gasteiger partial charge in [-0.2, -0.15) is 0 Å². The van der Waals surface area contributed by atoms with E-state index in [0.29, 0.717) is 45.3 Å². The van der Waals surface area contributed by atoms with Crippen molar-refractivity contribution in [3.8, 4) is 16.9 Å². The van der Waals surface area contributed by atoms with Gasteiger partial charge in [0.2, 0.25) is 17.7 Å². The summed E-state index contributed by atoms with van der Waals surface area (Å²) in [6.07, 6.45) is 3.68. The minimum Gasteiger partial charge on any atom is -0.497 e. The number of amides is 3. The van der Waals surface area contributed by atoms with Crippen molar-refractivity contribution in [2.24, 2.45) is 0 Å². The van der Waals surface area contributed by atoms with Gasteiger partial charge in [0.25, 0.3) is 5.56 Å². The minimum atomic E-state index is -0.770. The fraction of sp³-hybridized carbons (Fsp3) is 0.441. The van der Waals surface area contributed by atoms with Gasteiger partial charge >= 0.3 is 5.69 Å². The van der Waals surface area contributed by atoms with E-state index < -0.39 is 23.1 Å². The molecule has 0 aliphatic carbocycles. The SMILES string of the molecule is CCC(=O)NC[C@H](C)n1c(=O)c(-c2cccc(F)c2Cl)cn(CC(=O)N2CCC(N3CCc4cc(OC)ccc4CC3=O)CC2)c1=O. The van der Waals surface area contributed by atoms with E-state index in [1.807, 2.05) is 23.1 Å². The first-order valence-corrected chi connectivity index (χ1v) is 16.2. The molecule has 0 bridgehead atoms. The van der Waals surface area contributed by atoms with Crippen molar-refractivity contribution in [3.05, 3.63) is 85.4 Å². The van der Waals surface area contributed by atoms with Crippen LogP contribution in [0.1, 0.15) is 50.3 Å². The summed E-state index contributed by atoms with van der Waals surface area (Å²) in [4.78, 5) is 69.5. The molecule has 0 unspecified atom stereocenters. The highest BCUT2D eigenvalue weighted by atomic mass is 35.5. The van der Waals surface area contributed by atoms with Gasteiger partial charge in [-0.3, -0.25) is 28.3 Å². The smallest absolute Gasteiger partial charge is 0.331 e. The Kier molecular flexibility index (Phi) is 10.5. The van der Waals surface area contributed by atoms with Crippen molar-refractivity contribution in [1.82, 2.24) is 24.3 Å². The molecular weight excluding hydrogens is 629 g/mol. The second-order valence-electron chi connectivity index (χ2n) is 12.0. The molecule has 13 heteroatoms. The number of nitrogens with zero attached hydrogens (tertiary/aromatic N) is 4. The fourth-order valence-corrected chi connectivity index (χ4v) is 6.55. The largest absolute Gasteiger partial charge is 0.497 e. The normalized spacial score (nSPS) is 16.0. The molecule has 1 aromatic heterocycles. The van der Waals surface area contributed by atoms with Crippen LogP contribution in [0.5, 0.6) is 5.75 Å². The van der Waals surface area contributed by atoms with Crippen LogP contribution in [0.4, 0.5) is 4.39 Å². The summed E-state index contributed by atoms with van der Waals surface area (Å²) in [6, 6.07) is 9.03. The Balaban J connectivity index is 1.34. The lowest BCUT2D eigenvalue weighted by atomic mass is 10.0. The molecule has 1 atom stereocenters. The van der Waals surface area contributed by atoms with Gasteiger partial charge in [0.05, 0.1) is 30.2 Å². The molecule has 3 aromatic rings. The number of piperidine rings is 1. The third kappa shape index (κ3) is 7.27. The van der Waals surface area contributed by atoms with E-state index in [-0.39, 0.29) is 59.4 Å². The Morgan fingerprint density at radius 2 is 1.81 bits per heavy atom. The molecule has 2 aliphatic heterocycles. The molecule has 5 rings (SSSR count). The molecule has 3 heterocycles. The quantitative estimate of drug-likeness (QED) is 0.374. The van der Waals surface area contributed by atoms with Crippen LogP contribution in [0.15, 0.2) is 52.2 Å². The number of methoxy groups -OCH3 is 1. The molecule has 1 fully saturated rings. The average Bonchev–Trinajstić information content (AvgIpc) is 3.23. The van der Waals surface area contributed by atoms with Gasteiger partial charge in [0.15, 0.2) is 0 Å². The number of fused-ring (bicyclic) bond motifs is 1. The first kappa shape index (κ1) is 33.9. The average molecular weight is 668 g/mol. The number of hydrogen-bond donors (Lipinski definition) is 1. The van der Waals surface area contributed by atoms with Crippen molar-refractivity contribution in [2.45, 2.75) is 64.6 Å². The van der Waals surface area contributed by atoms with Crippen molar-refractivity contribution in [1.29, 1.82) is 0 Å². The first-order valence-electron chi connectivity index (χ1n) is 15.8. The number of nitrogens with one attached hydrogen (secondary N) is 1. The zero-order valence-corrected chi connectivity index (χ0v) is 27.5. The van der Waals surface area contributed by atoms with Gasteiger partial charge < -0.3 is 19.9 Å². The number of benzene rings is 2. The molecule has 2 aromatic carbocycles. The third-order valence-corrected chi connectivity index (χ3v) is 9.43. The maximum atomic E-state index is 14.4. The molecule has 11 nitrogen and oxygen atoms in total. The van der Waals surface area contributed by atoms with Crippen LogP contribution in [-0.4, -0.2) is 76.0 Å². The van der Waals surface area contributed by atoms with E-state index in [1.165, 1.54) is 18.3 Å². The van der Waals surface area contributed by atoms with Crippen LogP contribution >= 0.6 is 11.6 Å². The number of rotatable bonds is 9. The van der Waals surface area contributed by atoms with Gasteiger partial charge in [-0.15, -0.1) is 0 Å². The Labute approximate surface area is 276 Å². The molecule has 0 saturated carbocycles. The summed E-state index contributed by atoms with van der Waals surface area (Å²) in [5, 5.41) is 2.40. The number of likely N-dealkylation sites (tertiary alicyclic amines) is 1. The van der Waals surface area contributed by atoms with Crippen LogP contribution < -0.4 is 21.3 Å². The van der Waals surface area contributed by atoms with E-state index in [4.69, 9.17) is 16.3 Å². The highest BCUT2D eigenvalue weighted by molar-refractivity contribution is 6.33. The molecule has 0 radical (unpaired) electrons. The van der Waals surface area contributed by atoms with Gasteiger partial charge in [0.1, 0.15) is 18.1 Å². The first-order chi connectivity index (χ1) is 22.5. The van der Waals surface area contributed by atoms with E-state index in [9.17, 15) is 28.4 Å². The van der Waals surface area contributed by atoms with E-state index in [2.05, 4.69) is 5.32 Å². The Morgan fingerprint density at radius 1 is 1.06 bits per heavy atom. The summed E-state index contributed by atoms with van der Waals surface area (Å²) in [5.41, 5.74) is 0.679. The fourth-order valence-electron chi connectivity index (χ4n) is 6.32. The second kappa shape index (κ2) is 14.5. The lowest BCUT2D eigenvalue weighted by Gasteiger charge is -2.38. The molecule has 3 amide bonds. The molecular formula is C34H39ClFN5O6. The van der Waals surface area contributed by atoms with Crippen molar-refractivity contribution in [2.75, 3.05) is 33.3 Å². The topological polar surface area (TPSA) is 123 Å². The maximum absolute atomic E-state index is 14.4. The van der Waals surface area contributed by atoms with Gasteiger partial charge in [0, 0.05) is 50.4 Å². The lowest BCUT2D eigenvalue weighted by Crippen LogP contribution is -2.51. The number of carbonyl (C=O) groups excluding carboxylic acids is 3. The van der Waals surface area contributed by atoms with Gasteiger partial charge in [-0.05, 0) is 55.5 Å². The van der Waals surface area contributed by atoms with Crippen LogP contribution in [0.25, 0.3) is 11.1 Å². The van der Waals surface area contributed by atoms with Gasteiger partial charge in [-0.1, -0.05) is 36.7 Å². The maximum Gasteiger partial charge on any atom is 0.331 e. The highest BCUT2D eigenvalue weighted by Gasteiger charge is 2.32. The molecule has 2 aliphatic rings. The Hall–Kier alpha value is -4.45. The van der Waals surface area contributed by atoms with Crippen LogP contribution in [0, 0.1) is 5.82 Å². The number of carbonyl (C=O) groups is 3. The number of halogens is 2. The number of ether oxygens (including phenoxy) is 1. The van der Waals surface area contributed by atoms with Crippen LogP contribution in [0.2, 0.25) is 5.02 Å². The summed E-state index contributed by atoms with van der Waals surface area (Å²) in [6.45, 7) is 4.29. The molecule has 1 saturated heterocycles. The molecule has 47 heavy (non-hydrogen) atoms.